The van der Waals surface area contributed by atoms with E-state index in [1.807, 2.05) is 6.92 Å². The number of carboxylic acids is 1. The molecule has 0 atom stereocenters. The quantitative estimate of drug-likeness (QED) is 0.220. The molecule has 208 valence electrons. The highest BCUT2D eigenvalue weighted by Crippen LogP contribution is 2.28. The number of nitrogens with zero attached hydrogens (tertiary/aromatic N) is 5. The third-order valence-electron chi connectivity index (χ3n) is 7.31. The molecule has 1 amide bonds. The van der Waals surface area contributed by atoms with Crippen LogP contribution in [0.3, 0.4) is 0 Å². The molecule has 0 aliphatic heterocycles. The SMILES string of the molecule is Cc1ncc(C(=O)NCCC2CCCCC2)cc1Nc1nn(C)c2nc(Nc3ccc(CC(=O)O)cc3)ncc12. The second kappa shape index (κ2) is 12.1. The van der Waals surface area contributed by atoms with Crippen LogP contribution in [-0.2, 0) is 18.3 Å². The Hall–Kier alpha value is -4.54. The predicted molar refractivity (Wildman–Crippen MR) is 153 cm³/mol. The minimum absolute atomic E-state index is 0.0312. The summed E-state index contributed by atoms with van der Waals surface area (Å²) >= 11 is 0. The zero-order chi connectivity index (χ0) is 28.1. The molecule has 0 spiro atoms. The second-order valence-corrected chi connectivity index (χ2v) is 10.3. The van der Waals surface area contributed by atoms with E-state index >= 15 is 0 Å². The van der Waals surface area contributed by atoms with Gasteiger partial charge in [-0.2, -0.15) is 10.1 Å². The molecule has 0 bridgehead atoms. The Morgan fingerprint density at radius 2 is 1.82 bits per heavy atom. The van der Waals surface area contributed by atoms with Gasteiger partial charge in [0.2, 0.25) is 5.95 Å². The molecule has 1 aliphatic carbocycles. The molecule has 5 rings (SSSR count). The maximum atomic E-state index is 12.8. The Labute approximate surface area is 232 Å². The van der Waals surface area contributed by atoms with Gasteiger partial charge in [0.1, 0.15) is 0 Å². The van der Waals surface area contributed by atoms with Crippen molar-refractivity contribution in [2.24, 2.45) is 13.0 Å². The Balaban J connectivity index is 1.26. The zero-order valence-corrected chi connectivity index (χ0v) is 22.8. The first-order valence-electron chi connectivity index (χ1n) is 13.6. The Bertz CT molecular complexity index is 1510. The number of anilines is 4. The summed E-state index contributed by atoms with van der Waals surface area (Å²) in [4.78, 5) is 37.2. The lowest BCUT2D eigenvalue weighted by molar-refractivity contribution is -0.136. The van der Waals surface area contributed by atoms with Crippen LogP contribution in [0.5, 0.6) is 0 Å². The molecule has 3 heterocycles. The molecule has 4 N–H and O–H groups in total. The molecule has 1 fully saturated rings. The minimum atomic E-state index is -0.874. The summed E-state index contributed by atoms with van der Waals surface area (Å²) in [6.07, 6.45) is 10.7. The highest BCUT2D eigenvalue weighted by atomic mass is 16.4. The molecule has 4 aromatic rings. The number of aliphatic carboxylic acids is 1. The van der Waals surface area contributed by atoms with Crippen LogP contribution < -0.4 is 16.0 Å². The van der Waals surface area contributed by atoms with E-state index in [0.717, 1.165) is 17.8 Å². The number of rotatable bonds is 10. The van der Waals surface area contributed by atoms with Gasteiger partial charge in [0.05, 0.1) is 28.8 Å². The summed E-state index contributed by atoms with van der Waals surface area (Å²) in [5.41, 5.74) is 3.98. The molecule has 11 heteroatoms. The third-order valence-corrected chi connectivity index (χ3v) is 7.31. The number of fused-ring (bicyclic) bond motifs is 1. The molecule has 40 heavy (non-hydrogen) atoms. The van der Waals surface area contributed by atoms with E-state index in [1.165, 1.54) is 32.1 Å². The van der Waals surface area contributed by atoms with Gasteiger partial charge >= 0.3 is 5.97 Å². The number of carboxylic acid groups (broad SMARTS) is 1. The van der Waals surface area contributed by atoms with Crippen LogP contribution in [0, 0.1) is 12.8 Å². The lowest BCUT2D eigenvalue weighted by atomic mass is 9.87. The molecule has 0 saturated heterocycles. The van der Waals surface area contributed by atoms with E-state index in [2.05, 4.69) is 36.0 Å². The van der Waals surface area contributed by atoms with E-state index in [0.29, 0.717) is 52.1 Å². The number of hydrogen-bond donors (Lipinski definition) is 4. The van der Waals surface area contributed by atoms with Crippen molar-refractivity contribution in [1.82, 2.24) is 30.0 Å². The summed E-state index contributed by atoms with van der Waals surface area (Å²) < 4.78 is 1.66. The fourth-order valence-corrected chi connectivity index (χ4v) is 5.08. The van der Waals surface area contributed by atoms with E-state index < -0.39 is 5.97 Å². The smallest absolute Gasteiger partial charge is 0.307 e. The van der Waals surface area contributed by atoms with Crippen molar-refractivity contribution in [3.63, 3.8) is 0 Å². The Kier molecular flexibility index (Phi) is 8.18. The van der Waals surface area contributed by atoms with Gasteiger partial charge in [0.15, 0.2) is 11.5 Å². The van der Waals surface area contributed by atoms with Crippen LogP contribution in [0.1, 0.15) is 60.1 Å². The maximum absolute atomic E-state index is 12.8. The number of pyridine rings is 1. The largest absolute Gasteiger partial charge is 0.481 e. The topological polar surface area (TPSA) is 147 Å². The number of benzene rings is 1. The Morgan fingerprint density at radius 1 is 1.05 bits per heavy atom. The average Bonchev–Trinajstić information content (AvgIpc) is 3.25. The Morgan fingerprint density at radius 3 is 2.58 bits per heavy atom. The fourth-order valence-electron chi connectivity index (χ4n) is 5.08. The summed E-state index contributed by atoms with van der Waals surface area (Å²) in [5, 5.41) is 23.7. The maximum Gasteiger partial charge on any atom is 0.307 e. The highest BCUT2D eigenvalue weighted by molar-refractivity contribution is 5.96. The first kappa shape index (κ1) is 27.0. The molecular formula is C29H34N8O3. The number of carbonyl (C=O) groups excluding carboxylic acids is 1. The number of carbonyl (C=O) groups is 2. The second-order valence-electron chi connectivity index (χ2n) is 10.3. The first-order valence-corrected chi connectivity index (χ1v) is 13.6. The van der Waals surface area contributed by atoms with Crippen molar-refractivity contribution in [2.45, 2.75) is 51.9 Å². The molecule has 0 radical (unpaired) electrons. The van der Waals surface area contributed by atoms with Crippen molar-refractivity contribution in [3.8, 4) is 0 Å². The molecule has 0 unspecified atom stereocenters. The van der Waals surface area contributed by atoms with Crippen molar-refractivity contribution in [3.05, 3.63) is 59.5 Å². The lowest BCUT2D eigenvalue weighted by Crippen LogP contribution is -2.26. The third kappa shape index (κ3) is 6.53. The summed E-state index contributed by atoms with van der Waals surface area (Å²) in [7, 11) is 1.80. The van der Waals surface area contributed by atoms with Gasteiger partial charge in [0.25, 0.3) is 5.91 Å². The number of hydrogen-bond acceptors (Lipinski definition) is 8. The van der Waals surface area contributed by atoms with Crippen LogP contribution in [0.2, 0.25) is 0 Å². The van der Waals surface area contributed by atoms with Crippen molar-refractivity contribution in [1.29, 1.82) is 0 Å². The number of nitrogens with one attached hydrogen (secondary N) is 3. The van der Waals surface area contributed by atoms with Crippen molar-refractivity contribution < 1.29 is 14.7 Å². The fraction of sp³-hybridized carbons (Fsp3) is 0.379. The van der Waals surface area contributed by atoms with E-state index in [1.54, 1.807) is 54.5 Å². The first-order chi connectivity index (χ1) is 19.4. The molecule has 3 aromatic heterocycles. The van der Waals surface area contributed by atoms with Gasteiger partial charge in [-0.3, -0.25) is 14.6 Å². The van der Waals surface area contributed by atoms with E-state index in [-0.39, 0.29) is 12.3 Å². The summed E-state index contributed by atoms with van der Waals surface area (Å²) in [6.45, 7) is 2.55. The molecule has 1 saturated carbocycles. The highest BCUT2D eigenvalue weighted by Gasteiger charge is 2.17. The summed E-state index contributed by atoms with van der Waals surface area (Å²) in [6, 6.07) is 8.88. The monoisotopic (exact) mass is 542 g/mol. The van der Waals surface area contributed by atoms with Crippen molar-refractivity contribution >= 4 is 46.1 Å². The van der Waals surface area contributed by atoms with Gasteiger partial charge in [-0.05, 0) is 43.0 Å². The zero-order valence-electron chi connectivity index (χ0n) is 22.8. The molecular weight excluding hydrogens is 508 g/mol. The van der Waals surface area contributed by atoms with Crippen LogP contribution in [-0.4, -0.2) is 48.3 Å². The minimum Gasteiger partial charge on any atom is -0.481 e. The van der Waals surface area contributed by atoms with Crippen LogP contribution >= 0.6 is 0 Å². The van der Waals surface area contributed by atoms with Crippen LogP contribution in [0.4, 0.5) is 23.1 Å². The van der Waals surface area contributed by atoms with Gasteiger partial charge in [-0.1, -0.05) is 44.2 Å². The standard InChI is InChI=1S/C29H34N8O3/c1-18-24(15-21(16-31-18)28(40)30-13-12-19-6-4-3-5-7-19)34-26-23-17-32-29(35-27(23)37(2)36-26)33-22-10-8-20(9-11-22)14-25(38)39/h8-11,15-17,19H,3-7,12-14H2,1-2H3,(H,30,40)(H,34,36)(H,38,39)(H,32,33,35). The van der Waals surface area contributed by atoms with Gasteiger partial charge in [-0.15, -0.1) is 0 Å². The van der Waals surface area contributed by atoms with Gasteiger partial charge in [-0.25, -0.2) is 9.67 Å². The molecule has 1 aromatic carbocycles. The van der Waals surface area contributed by atoms with Crippen LogP contribution in [0.15, 0.2) is 42.7 Å². The summed E-state index contributed by atoms with van der Waals surface area (Å²) in [5.74, 6) is 0.648. The van der Waals surface area contributed by atoms with Crippen molar-refractivity contribution in [2.75, 3.05) is 17.2 Å². The van der Waals surface area contributed by atoms with E-state index in [9.17, 15) is 9.59 Å². The lowest BCUT2D eigenvalue weighted by Gasteiger charge is -2.21. The van der Waals surface area contributed by atoms with Crippen LogP contribution in [0.25, 0.3) is 11.0 Å². The number of amides is 1. The normalized spacial score (nSPS) is 13.8. The van der Waals surface area contributed by atoms with Gasteiger partial charge in [0, 0.05) is 31.7 Å². The predicted octanol–water partition coefficient (Wildman–Crippen LogP) is 4.88. The van der Waals surface area contributed by atoms with E-state index in [4.69, 9.17) is 5.11 Å². The molecule has 1 aliphatic rings. The number of aromatic nitrogens is 5. The van der Waals surface area contributed by atoms with Gasteiger partial charge < -0.3 is 21.1 Å². The molecule has 11 nitrogen and oxygen atoms in total. The average molecular weight is 543 g/mol. The number of aryl methyl sites for hydroxylation is 2.